The molecule has 1 aliphatic rings. The van der Waals surface area contributed by atoms with Gasteiger partial charge in [0.2, 0.25) is 5.82 Å². The van der Waals surface area contributed by atoms with Crippen LogP contribution in [0.4, 0.5) is 24.5 Å². The number of nitrogens with one attached hydrogen (secondary N) is 1. The molecule has 1 atom stereocenters. The predicted octanol–water partition coefficient (Wildman–Crippen LogP) is 2.19. The van der Waals surface area contributed by atoms with Crippen LogP contribution in [0, 0.1) is 0 Å². The Balaban J connectivity index is 1.43. The maximum atomic E-state index is 12.6. The number of benzene rings is 1. The van der Waals surface area contributed by atoms with E-state index in [1.807, 2.05) is 4.90 Å². The molecule has 0 saturated carbocycles. The van der Waals surface area contributed by atoms with E-state index in [9.17, 15) is 22.8 Å². The van der Waals surface area contributed by atoms with E-state index in [4.69, 9.17) is 4.74 Å². The second kappa shape index (κ2) is 7.56. The molecule has 1 saturated heterocycles. The molecule has 0 aliphatic carbocycles. The van der Waals surface area contributed by atoms with Gasteiger partial charge in [-0.25, -0.2) is 0 Å². The number of halogens is 3. The van der Waals surface area contributed by atoms with Crippen molar-refractivity contribution in [2.45, 2.75) is 25.2 Å². The molecule has 1 aliphatic heterocycles. The van der Waals surface area contributed by atoms with Crippen molar-refractivity contribution in [2.24, 2.45) is 0 Å². The quantitative estimate of drug-likeness (QED) is 0.604. The normalized spacial score (nSPS) is 17.1. The Bertz CT molecular complexity index is 1120. The molecule has 1 unspecified atom stereocenters. The largest absolute Gasteiger partial charge is 0.471 e. The molecular formula is C19H17F3N4O4. The molecule has 1 aromatic heterocycles. The molecule has 158 valence electrons. The van der Waals surface area contributed by atoms with Gasteiger partial charge in [-0.15, -0.1) is 0 Å². The van der Waals surface area contributed by atoms with E-state index < -0.39 is 22.9 Å². The van der Waals surface area contributed by atoms with Crippen molar-refractivity contribution in [1.82, 2.24) is 10.1 Å². The molecule has 0 radical (unpaired) electrons. The summed E-state index contributed by atoms with van der Waals surface area (Å²) in [5.41, 5.74) is 0.691. The van der Waals surface area contributed by atoms with Gasteiger partial charge >= 0.3 is 12.1 Å². The van der Waals surface area contributed by atoms with Crippen molar-refractivity contribution in [1.29, 1.82) is 0 Å². The predicted molar refractivity (Wildman–Crippen MR) is 101 cm³/mol. The van der Waals surface area contributed by atoms with Crippen molar-refractivity contribution in [3.63, 3.8) is 0 Å². The third-order valence-electron chi connectivity index (χ3n) is 5.03. The number of aromatic nitrogens is 2. The zero-order valence-corrected chi connectivity index (χ0v) is 15.8. The lowest BCUT2D eigenvalue weighted by Crippen LogP contribution is -2.42. The number of nitrogens with zero attached hydrogens (tertiary/aromatic N) is 3. The van der Waals surface area contributed by atoms with Crippen LogP contribution in [0.15, 0.2) is 38.4 Å². The van der Waals surface area contributed by atoms with Gasteiger partial charge in [-0.1, -0.05) is 29.4 Å². The third kappa shape index (κ3) is 3.67. The summed E-state index contributed by atoms with van der Waals surface area (Å²) in [6.45, 7) is 1.45. The molecule has 0 spiro atoms. The van der Waals surface area contributed by atoms with E-state index in [1.54, 1.807) is 31.4 Å². The Morgan fingerprint density at radius 1 is 1.23 bits per heavy atom. The lowest BCUT2D eigenvalue weighted by Gasteiger charge is -2.23. The van der Waals surface area contributed by atoms with Crippen LogP contribution in [0.3, 0.4) is 0 Å². The second-order valence-corrected chi connectivity index (χ2v) is 6.95. The molecule has 8 nitrogen and oxygen atoms in total. The molecule has 4 rings (SSSR count). The molecule has 1 N–H and O–H groups in total. The van der Waals surface area contributed by atoms with Crippen molar-refractivity contribution < 1.29 is 22.4 Å². The fraction of sp³-hybridized carbons (Fsp3) is 0.368. The average Bonchev–Trinajstić information content (AvgIpc) is 3.40. The van der Waals surface area contributed by atoms with E-state index >= 15 is 0 Å². The van der Waals surface area contributed by atoms with Crippen molar-refractivity contribution in [2.75, 3.05) is 30.4 Å². The number of methoxy groups -OCH3 is 1. The standard InChI is InChI=1S/C19H17F3N4O4/c1-29-12-6-7-26(9-12)14-13(15(27)16(14)28)23-8-10-2-4-11(5-3-10)17-24-18(30-25-17)19(20,21)22/h2-5,12,23H,6-9H2,1H3. The molecular weight excluding hydrogens is 405 g/mol. The Hall–Kier alpha value is -3.21. The van der Waals surface area contributed by atoms with Crippen LogP contribution in [-0.2, 0) is 17.5 Å². The highest BCUT2D eigenvalue weighted by Gasteiger charge is 2.38. The van der Waals surface area contributed by atoms with Crippen molar-refractivity contribution >= 4 is 11.4 Å². The van der Waals surface area contributed by atoms with E-state index in [1.165, 1.54) is 0 Å². The Morgan fingerprint density at radius 2 is 1.97 bits per heavy atom. The third-order valence-corrected chi connectivity index (χ3v) is 5.03. The van der Waals surface area contributed by atoms with Gasteiger partial charge in [-0.2, -0.15) is 18.2 Å². The number of hydrogen-bond donors (Lipinski definition) is 1. The first-order chi connectivity index (χ1) is 14.3. The van der Waals surface area contributed by atoms with Crippen molar-refractivity contribution in [3.05, 3.63) is 56.2 Å². The summed E-state index contributed by atoms with van der Waals surface area (Å²) in [4.78, 5) is 29.2. The first kappa shape index (κ1) is 20.1. The van der Waals surface area contributed by atoms with Gasteiger partial charge in [0, 0.05) is 32.3 Å². The zero-order valence-electron chi connectivity index (χ0n) is 15.8. The fourth-order valence-corrected chi connectivity index (χ4v) is 3.39. The first-order valence-corrected chi connectivity index (χ1v) is 9.13. The second-order valence-electron chi connectivity index (χ2n) is 6.95. The molecule has 30 heavy (non-hydrogen) atoms. The number of hydrogen-bond acceptors (Lipinski definition) is 8. The molecule has 1 fully saturated rings. The van der Waals surface area contributed by atoms with Gasteiger partial charge in [0.15, 0.2) is 0 Å². The lowest BCUT2D eigenvalue weighted by atomic mass is 10.1. The minimum atomic E-state index is -4.70. The summed E-state index contributed by atoms with van der Waals surface area (Å²) in [7, 11) is 1.61. The topological polar surface area (TPSA) is 97.6 Å². The van der Waals surface area contributed by atoms with E-state index in [2.05, 4.69) is 20.0 Å². The van der Waals surface area contributed by atoms with Crippen LogP contribution in [0.5, 0.6) is 0 Å². The fourth-order valence-electron chi connectivity index (χ4n) is 3.39. The summed E-state index contributed by atoms with van der Waals surface area (Å²) < 4.78 is 47.2. The highest BCUT2D eigenvalue weighted by molar-refractivity contribution is 5.75. The monoisotopic (exact) mass is 422 g/mol. The lowest BCUT2D eigenvalue weighted by molar-refractivity contribution is -0.159. The molecule has 2 heterocycles. The summed E-state index contributed by atoms with van der Waals surface area (Å²) in [6.07, 6.45) is -3.90. The van der Waals surface area contributed by atoms with Crippen LogP contribution < -0.4 is 21.1 Å². The minimum Gasteiger partial charge on any atom is -0.380 e. The molecule has 0 amide bonds. The first-order valence-electron chi connectivity index (χ1n) is 9.13. The zero-order chi connectivity index (χ0) is 21.5. The molecule has 11 heteroatoms. The molecule has 0 bridgehead atoms. The Kier molecular flexibility index (Phi) is 5.06. The summed E-state index contributed by atoms with van der Waals surface area (Å²) >= 11 is 0. The molecule has 2 aromatic carbocycles. The summed E-state index contributed by atoms with van der Waals surface area (Å²) in [5, 5.41) is 6.32. The van der Waals surface area contributed by atoms with Gasteiger partial charge in [-0.3, -0.25) is 9.59 Å². The van der Waals surface area contributed by atoms with Crippen LogP contribution in [0.25, 0.3) is 11.4 Å². The smallest absolute Gasteiger partial charge is 0.380 e. The van der Waals surface area contributed by atoms with Gasteiger partial charge in [0.25, 0.3) is 10.9 Å². The highest BCUT2D eigenvalue weighted by atomic mass is 19.4. The maximum absolute atomic E-state index is 12.6. The Labute approximate surface area is 168 Å². The average molecular weight is 422 g/mol. The van der Waals surface area contributed by atoms with Crippen LogP contribution in [0.1, 0.15) is 17.9 Å². The van der Waals surface area contributed by atoms with E-state index in [0.717, 1.165) is 12.0 Å². The summed E-state index contributed by atoms with van der Waals surface area (Å²) in [6, 6.07) is 6.42. The van der Waals surface area contributed by atoms with Crippen LogP contribution in [0.2, 0.25) is 0 Å². The van der Waals surface area contributed by atoms with Gasteiger partial charge in [-0.05, 0) is 12.0 Å². The van der Waals surface area contributed by atoms with Crippen molar-refractivity contribution in [3.8, 4) is 11.4 Å². The number of ether oxygens (including phenoxy) is 1. The van der Waals surface area contributed by atoms with Gasteiger partial charge < -0.3 is 19.5 Å². The maximum Gasteiger partial charge on any atom is 0.471 e. The SMILES string of the molecule is COC1CCN(c2c(NCc3ccc(-c4noc(C(F)(F)F)n4)cc3)c(=O)c2=O)C1. The minimum absolute atomic E-state index is 0.0257. The van der Waals surface area contributed by atoms with Crippen LogP contribution in [-0.4, -0.2) is 36.4 Å². The Morgan fingerprint density at radius 3 is 2.57 bits per heavy atom. The number of anilines is 2. The van der Waals surface area contributed by atoms with Gasteiger partial charge in [0.1, 0.15) is 11.4 Å². The number of alkyl halides is 3. The van der Waals surface area contributed by atoms with E-state index in [-0.39, 0.29) is 24.2 Å². The summed E-state index contributed by atoms with van der Waals surface area (Å²) in [5.74, 6) is -1.58. The highest BCUT2D eigenvalue weighted by Crippen LogP contribution is 2.29. The van der Waals surface area contributed by atoms with E-state index in [0.29, 0.717) is 24.3 Å². The van der Waals surface area contributed by atoms with Crippen LogP contribution >= 0.6 is 0 Å². The molecule has 3 aromatic rings. The van der Waals surface area contributed by atoms with Gasteiger partial charge in [0.05, 0.1) is 6.10 Å². The number of rotatable bonds is 6.